The zero-order valence-electron chi connectivity index (χ0n) is 41.7. The minimum Gasteiger partial charge on any atom is -0.399 e. The first kappa shape index (κ1) is 52.7. The number of amides is 2. The summed E-state index contributed by atoms with van der Waals surface area (Å²) in [6.07, 6.45) is 3.81. The number of carbonyl (C=O) groups is 2. The van der Waals surface area contributed by atoms with Gasteiger partial charge in [0, 0.05) is 113 Å². The number of fused-ring (bicyclic) bond motifs is 6. The maximum atomic E-state index is 13.6. The average molecular weight is 1130 g/mol. The second-order valence-corrected chi connectivity index (χ2v) is 22.2. The van der Waals surface area contributed by atoms with Crippen molar-refractivity contribution in [1.82, 2.24) is 24.8 Å². The monoisotopic (exact) mass is 1120 g/mol. The Kier molecular flexibility index (Phi) is 15.3. The van der Waals surface area contributed by atoms with E-state index in [1.807, 2.05) is 23.1 Å². The standard InChI is InChI=1S/C26H25Cl2N7O.C15H11Cl2N5O3S.C11H17N3/c1-32-11-13-33(14-12-32)18-7-5-17(6-8-18)31-23-15-22-19(16-30-23)25(36)35(26-29-9-10-34(22)26)24-20(27)3-2-4-21(24)28;1-26(24,25)14-19-7-8-12(20-14)21-6-5-18-15(21)22(13(8)23)11-9(16)3-2-4-10(11)17;1-13-6-8-14(9-7-13)11-4-2-10(12)3-5-11/h2-8,15-16H,9-14H2,1H3,(H,30,31);2-4,7H,5-6H2,1H3;2-5H,6-9,12H2,1H3. The molecule has 2 aromatic heterocycles. The van der Waals surface area contributed by atoms with Gasteiger partial charge < -0.3 is 35.6 Å². The number of para-hydroxylation sites is 2. The van der Waals surface area contributed by atoms with E-state index in [-0.39, 0.29) is 32.5 Å². The summed E-state index contributed by atoms with van der Waals surface area (Å²) in [5.41, 5.74) is 12.1. The van der Waals surface area contributed by atoms with Crippen molar-refractivity contribution in [3.05, 3.63) is 135 Å². The van der Waals surface area contributed by atoms with Gasteiger partial charge in [0.05, 0.1) is 55.8 Å². The molecule has 2 amide bonds. The Bertz CT molecular complexity index is 3330. The number of hydrogen-bond acceptors (Lipinski definition) is 17. The van der Waals surface area contributed by atoms with Crippen LogP contribution in [0.1, 0.15) is 20.7 Å². The summed E-state index contributed by atoms with van der Waals surface area (Å²) < 4.78 is 23.5. The second kappa shape index (κ2) is 22.1. The average Bonchev–Trinajstić information content (AvgIpc) is 4.17. The summed E-state index contributed by atoms with van der Waals surface area (Å²) in [5, 5.41) is 4.38. The molecular formula is C52H53Cl4N15O4S. The fraction of sp³-hybridized carbons (Fsp3) is 0.288. The number of nitrogen functional groups attached to an aromatic ring is 1. The van der Waals surface area contributed by atoms with Crippen LogP contribution in [-0.2, 0) is 9.84 Å². The molecule has 0 saturated carbocycles. The number of halogens is 4. The largest absolute Gasteiger partial charge is 0.399 e. The van der Waals surface area contributed by atoms with Gasteiger partial charge in [-0.1, -0.05) is 58.5 Å². The molecule has 4 aromatic carbocycles. The van der Waals surface area contributed by atoms with Crippen molar-refractivity contribution in [2.75, 3.05) is 139 Å². The van der Waals surface area contributed by atoms with Crippen LogP contribution in [0.15, 0.2) is 119 Å². The van der Waals surface area contributed by atoms with Gasteiger partial charge in [-0.3, -0.25) is 24.5 Å². The molecule has 2 saturated heterocycles. The number of pyridine rings is 1. The van der Waals surface area contributed by atoms with Gasteiger partial charge >= 0.3 is 0 Å². The van der Waals surface area contributed by atoms with Crippen LogP contribution in [0.25, 0.3) is 0 Å². The van der Waals surface area contributed by atoms with Crippen LogP contribution in [0.4, 0.5) is 51.4 Å². The number of anilines is 9. The quantitative estimate of drug-likeness (QED) is 0.116. The Morgan fingerprint density at radius 3 is 1.55 bits per heavy atom. The van der Waals surface area contributed by atoms with Crippen molar-refractivity contribution >= 4 is 131 Å². The number of carbonyl (C=O) groups excluding carboxylic acids is 2. The van der Waals surface area contributed by atoms with Crippen molar-refractivity contribution in [3.8, 4) is 0 Å². The lowest BCUT2D eigenvalue weighted by Crippen LogP contribution is -2.51. The highest BCUT2D eigenvalue weighted by Gasteiger charge is 2.43. The zero-order chi connectivity index (χ0) is 53.4. The van der Waals surface area contributed by atoms with Crippen LogP contribution in [0.2, 0.25) is 20.1 Å². The van der Waals surface area contributed by atoms with Gasteiger partial charge in [0.1, 0.15) is 11.4 Å². The minimum atomic E-state index is -3.62. The molecule has 0 unspecified atom stereocenters. The number of aromatic nitrogens is 3. The first-order valence-electron chi connectivity index (χ1n) is 24.4. The Morgan fingerprint density at radius 2 is 1.04 bits per heavy atom. The number of sulfone groups is 1. The molecule has 19 nitrogen and oxygen atoms in total. The van der Waals surface area contributed by atoms with Gasteiger partial charge in [0.15, 0.2) is 5.82 Å². The predicted octanol–water partition coefficient (Wildman–Crippen LogP) is 7.76. The van der Waals surface area contributed by atoms with E-state index in [0.717, 1.165) is 75.7 Å². The van der Waals surface area contributed by atoms with E-state index in [1.54, 1.807) is 47.5 Å². The topological polar surface area (TPSA) is 196 Å². The number of nitrogens with one attached hydrogen (secondary N) is 1. The van der Waals surface area contributed by atoms with Crippen molar-refractivity contribution in [1.29, 1.82) is 0 Å². The molecule has 0 radical (unpaired) electrons. The summed E-state index contributed by atoms with van der Waals surface area (Å²) in [4.78, 5) is 64.1. The first-order valence-corrected chi connectivity index (χ1v) is 27.8. The Hall–Kier alpha value is -6.78. The van der Waals surface area contributed by atoms with Gasteiger partial charge in [0.25, 0.3) is 11.8 Å². The number of hydrogen-bond donors (Lipinski definition) is 2. The molecular weight excluding hydrogens is 1070 g/mol. The maximum Gasteiger partial charge on any atom is 0.270 e. The normalized spacial score (nSPS) is 17.4. The van der Waals surface area contributed by atoms with Crippen LogP contribution in [0.3, 0.4) is 0 Å². The number of guanidine groups is 2. The van der Waals surface area contributed by atoms with E-state index >= 15 is 0 Å². The number of nitrogens with two attached hydrogens (primary N) is 1. The highest BCUT2D eigenvalue weighted by atomic mass is 35.5. The number of aliphatic imine (C=N–C) groups is 2. The first-order chi connectivity index (χ1) is 36.5. The van der Waals surface area contributed by atoms with E-state index in [0.29, 0.717) is 70.9 Å². The lowest BCUT2D eigenvalue weighted by molar-refractivity contribution is 0.0991. The summed E-state index contributed by atoms with van der Waals surface area (Å²) in [6, 6.07) is 28.5. The highest BCUT2D eigenvalue weighted by molar-refractivity contribution is 7.90. The number of benzene rings is 4. The smallest absolute Gasteiger partial charge is 0.270 e. The molecule has 2 fully saturated rings. The van der Waals surface area contributed by atoms with Gasteiger partial charge in [-0.25, -0.2) is 28.2 Å². The maximum absolute atomic E-state index is 13.6. The molecule has 12 rings (SSSR count). The van der Waals surface area contributed by atoms with E-state index in [1.165, 1.54) is 27.4 Å². The summed E-state index contributed by atoms with van der Waals surface area (Å²) in [5.74, 6) is 0.955. The molecule has 76 heavy (non-hydrogen) atoms. The zero-order valence-corrected chi connectivity index (χ0v) is 45.6. The number of rotatable bonds is 7. The molecule has 6 aromatic rings. The van der Waals surface area contributed by atoms with Gasteiger partial charge in [0.2, 0.25) is 26.9 Å². The fourth-order valence-corrected chi connectivity index (χ4v) is 11.1. The molecule has 6 aliphatic heterocycles. The van der Waals surface area contributed by atoms with E-state index in [2.05, 4.69) is 100 Å². The van der Waals surface area contributed by atoms with Crippen molar-refractivity contribution in [2.24, 2.45) is 9.98 Å². The molecule has 6 aliphatic rings. The Morgan fingerprint density at radius 1 is 0.579 bits per heavy atom. The molecule has 0 aliphatic carbocycles. The summed E-state index contributed by atoms with van der Waals surface area (Å²) in [7, 11) is 0.706. The molecule has 0 atom stereocenters. The van der Waals surface area contributed by atoms with Crippen LogP contribution < -0.4 is 40.4 Å². The van der Waals surface area contributed by atoms with E-state index in [9.17, 15) is 18.0 Å². The van der Waals surface area contributed by atoms with Crippen molar-refractivity contribution in [2.45, 2.75) is 5.16 Å². The highest BCUT2D eigenvalue weighted by Crippen LogP contribution is 2.42. The van der Waals surface area contributed by atoms with Gasteiger partial charge in [-0.15, -0.1) is 0 Å². The number of likely N-dealkylation sites (N-methyl/N-ethyl adjacent to an activating group) is 2. The summed E-state index contributed by atoms with van der Waals surface area (Å²) in [6.45, 7) is 10.8. The SMILES string of the molecule is CN1CCN(c2ccc(N)cc2)CC1.CN1CCN(c2ccc(Nc3cc4c(cn3)C(=O)N(c3c(Cl)cccc3Cl)C3=NCCN34)cc2)CC1.CS(=O)(=O)c1ncc2c(n1)N1CCN=C1N(c1c(Cl)cccc1Cl)C2=O. The molecule has 394 valence electrons. The lowest BCUT2D eigenvalue weighted by atomic mass is 10.1. The van der Waals surface area contributed by atoms with Gasteiger partial charge in [-0.05, 0) is 86.9 Å². The number of nitrogens with zero attached hydrogens (tertiary/aromatic N) is 13. The van der Waals surface area contributed by atoms with Crippen LogP contribution in [0, 0.1) is 0 Å². The fourth-order valence-electron chi connectivity index (χ4n) is 9.42. The van der Waals surface area contributed by atoms with E-state index in [4.69, 9.17) is 52.1 Å². The van der Waals surface area contributed by atoms with E-state index < -0.39 is 15.7 Å². The van der Waals surface area contributed by atoms with Crippen LogP contribution >= 0.6 is 46.4 Å². The number of piperazine rings is 2. The lowest BCUT2D eigenvalue weighted by Gasteiger charge is -2.36. The van der Waals surface area contributed by atoms with Crippen molar-refractivity contribution in [3.63, 3.8) is 0 Å². The predicted molar refractivity (Wildman–Crippen MR) is 305 cm³/mol. The minimum absolute atomic E-state index is 0.147. The van der Waals surface area contributed by atoms with Gasteiger partial charge in [-0.2, -0.15) is 4.98 Å². The summed E-state index contributed by atoms with van der Waals surface area (Å²) >= 11 is 25.4. The molecule has 0 bridgehead atoms. The molecule has 3 N–H and O–H groups in total. The third-order valence-corrected chi connectivity index (χ3v) is 15.6. The Labute approximate surface area is 460 Å². The van der Waals surface area contributed by atoms with Crippen LogP contribution in [-0.4, -0.2) is 156 Å². The second-order valence-electron chi connectivity index (χ2n) is 18.7. The molecule has 8 heterocycles. The van der Waals surface area contributed by atoms with Crippen LogP contribution in [0.5, 0.6) is 0 Å². The molecule has 0 spiro atoms. The van der Waals surface area contributed by atoms with Crippen molar-refractivity contribution < 1.29 is 18.0 Å². The Balaban J connectivity index is 0.000000143. The molecule has 24 heteroatoms. The third kappa shape index (κ3) is 10.8. The third-order valence-electron chi connectivity index (χ3n) is 13.5.